The van der Waals surface area contributed by atoms with Gasteiger partial charge in [-0.3, -0.25) is 19.0 Å². The number of carbonyl (C=O) groups excluding carboxylic acids is 2. The minimum absolute atomic E-state index is 0.161. The zero-order chi connectivity index (χ0) is 21.3. The van der Waals surface area contributed by atoms with Gasteiger partial charge in [-0.2, -0.15) is 0 Å². The molecule has 1 aromatic heterocycles. The Kier molecular flexibility index (Phi) is 5.55. The van der Waals surface area contributed by atoms with Crippen LogP contribution in [0.3, 0.4) is 0 Å². The van der Waals surface area contributed by atoms with Gasteiger partial charge < -0.3 is 10.6 Å². The fraction of sp³-hybridized carbons (Fsp3) is 0.261. The zero-order valence-corrected chi connectivity index (χ0v) is 17.3. The van der Waals surface area contributed by atoms with Crippen molar-refractivity contribution in [3.63, 3.8) is 0 Å². The number of fused-ring (bicyclic) bond motifs is 1. The Bertz CT molecular complexity index is 1160. The van der Waals surface area contributed by atoms with Crippen molar-refractivity contribution in [1.82, 2.24) is 4.57 Å². The van der Waals surface area contributed by atoms with E-state index in [0.717, 1.165) is 27.6 Å². The van der Waals surface area contributed by atoms with E-state index in [1.807, 2.05) is 32.9 Å². The van der Waals surface area contributed by atoms with Crippen LogP contribution in [-0.4, -0.2) is 16.4 Å². The summed E-state index contributed by atoms with van der Waals surface area (Å²) in [6.45, 7) is 9.04. The summed E-state index contributed by atoms with van der Waals surface area (Å²) in [7, 11) is 0. The van der Waals surface area contributed by atoms with Crippen LogP contribution in [0.4, 0.5) is 11.4 Å². The number of benzene rings is 2. The summed E-state index contributed by atoms with van der Waals surface area (Å²) in [6, 6.07) is 11.8. The van der Waals surface area contributed by atoms with E-state index in [4.69, 9.17) is 0 Å². The SMILES string of the molecule is CC(=O)Nc1ccc(NC(=O)C(C)n2c(=O)cc(C)c3cc(C)cc(C)c32)cc1. The van der Waals surface area contributed by atoms with Crippen molar-refractivity contribution >= 4 is 34.1 Å². The second kappa shape index (κ2) is 7.91. The number of aromatic nitrogens is 1. The highest BCUT2D eigenvalue weighted by Crippen LogP contribution is 2.25. The van der Waals surface area contributed by atoms with E-state index in [2.05, 4.69) is 10.6 Å². The molecule has 29 heavy (non-hydrogen) atoms. The number of rotatable bonds is 4. The number of hydrogen-bond acceptors (Lipinski definition) is 3. The molecule has 1 unspecified atom stereocenters. The third kappa shape index (κ3) is 4.21. The molecule has 150 valence electrons. The molecule has 0 aliphatic heterocycles. The van der Waals surface area contributed by atoms with E-state index < -0.39 is 6.04 Å². The monoisotopic (exact) mass is 391 g/mol. The van der Waals surface area contributed by atoms with Gasteiger partial charge in [-0.25, -0.2) is 0 Å². The minimum atomic E-state index is -0.693. The highest BCUT2D eigenvalue weighted by molar-refractivity contribution is 5.96. The molecular weight excluding hydrogens is 366 g/mol. The van der Waals surface area contributed by atoms with Crippen molar-refractivity contribution in [3.05, 3.63) is 69.5 Å². The Morgan fingerprint density at radius 2 is 1.48 bits per heavy atom. The molecule has 0 aliphatic carbocycles. The van der Waals surface area contributed by atoms with Crippen molar-refractivity contribution in [1.29, 1.82) is 0 Å². The van der Waals surface area contributed by atoms with Gasteiger partial charge in [0.25, 0.3) is 5.56 Å². The summed E-state index contributed by atoms with van der Waals surface area (Å²) < 4.78 is 1.55. The lowest BCUT2D eigenvalue weighted by atomic mass is 10.0. The minimum Gasteiger partial charge on any atom is -0.326 e. The molecule has 0 spiro atoms. The second-order valence-electron chi connectivity index (χ2n) is 7.44. The van der Waals surface area contributed by atoms with E-state index >= 15 is 0 Å². The first-order valence-electron chi connectivity index (χ1n) is 9.49. The molecule has 0 aliphatic rings. The summed E-state index contributed by atoms with van der Waals surface area (Å²) in [5.74, 6) is -0.448. The summed E-state index contributed by atoms with van der Waals surface area (Å²) >= 11 is 0. The quantitative estimate of drug-likeness (QED) is 0.703. The normalized spacial score (nSPS) is 11.9. The Hall–Kier alpha value is -3.41. The van der Waals surface area contributed by atoms with E-state index in [1.54, 1.807) is 41.8 Å². The molecule has 2 aromatic carbocycles. The first-order valence-corrected chi connectivity index (χ1v) is 9.49. The molecule has 0 saturated heterocycles. The summed E-state index contributed by atoms with van der Waals surface area (Å²) in [6.07, 6.45) is 0. The van der Waals surface area contributed by atoms with Crippen molar-refractivity contribution in [2.75, 3.05) is 10.6 Å². The molecule has 3 rings (SSSR count). The smallest absolute Gasteiger partial charge is 0.252 e. The maximum Gasteiger partial charge on any atom is 0.252 e. The van der Waals surface area contributed by atoms with Gasteiger partial charge in [0.1, 0.15) is 6.04 Å². The van der Waals surface area contributed by atoms with E-state index in [9.17, 15) is 14.4 Å². The summed E-state index contributed by atoms with van der Waals surface area (Å²) in [5.41, 5.74) is 4.78. The molecule has 0 bridgehead atoms. The number of carbonyl (C=O) groups is 2. The third-order valence-corrected chi connectivity index (χ3v) is 4.93. The van der Waals surface area contributed by atoms with Crippen LogP contribution in [0.25, 0.3) is 10.9 Å². The van der Waals surface area contributed by atoms with Gasteiger partial charge in [0.15, 0.2) is 0 Å². The van der Waals surface area contributed by atoms with Crippen LogP contribution in [0.1, 0.15) is 36.6 Å². The second-order valence-corrected chi connectivity index (χ2v) is 7.44. The van der Waals surface area contributed by atoms with Crippen molar-refractivity contribution in [2.45, 2.75) is 40.7 Å². The molecule has 2 N–H and O–H groups in total. The van der Waals surface area contributed by atoms with Gasteiger partial charge in [-0.15, -0.1) is 0 Å². The largest absolute Gasteiger partial charge is 0.326 e. The van der Waals surface area contributed by atoms with Gasteiger partial charge in [-0.1, -0.05) is 11.6 Å². The lowest BCUT2D eigenvalue weighted by molar-refractivity contribution is -0.118. The molecular formula is C23H25N3O3. The Morgan fingerprint density at radius 1 is 0.897 bits per heavy atom. The molecule has 0 radical (unpaired) electrons. The number of nitrogens with zero attached hydrogens (tertiary/aromatic N) is 1. The Balaban J connectivity index is 1.95. The predicted molar refractivity (Wildman–Crippen MR) is 117 cm³/mol. The highest BCUT2D eigenvalue weighted by Gasteiger charge is 2.20. The zero-order valence-electron chi connectivity index (χ0n) is 17.3. The first-order chi connectivity index (χ1) is 13.7. The average molecular weight is 391 g/mol. The van der Waals surface area contributed by atoms with E-state index in [0.29, 0.717) is 11.4 Å². The molecule has 0 saturated carbocycles. The lowest BCUT2D eigenvalue weighted by Gasteiger charge is -2.20. The number of pyridine rings is 1. The highest BCUT2D eigenvalue weighted by atomic mass is 16.2. The van der Waals surface area contributed by atoms with Crippen LogP contribution >= 0.6 is 0 Å². The molecule has 3 aromatic rings. The number of anilines is 2. The first kappa shape index (κ1) is 20.3. The van der Waals surface area contributed by atoms with Gasteiger partial charge in [0.2, 0.25) is 11.8 Å². The van der Waals surface area contributed by atoms with Crippen molar-refractivity contribution < 1.29 is 9.59 Å². The number of amides is 2. The third-order valence-electron chi connectivity index (χ3n) is 4.93. The summed E-state index contributed by atoms with van der Waals surface area (Å²) in [4.78, 5) is 36.8. The average Bonchev–Trinajstić information content (AvgIpc) is 2.63. The molecule has 2 amide bonds. The van der Waals surface area contributed by atoms with E-state index in [-0.39, 0.29) is 17.4 Å². The molecule has 6 heteroatoms. The van der Waals surface area contributed by atoms with Crippen molar-refractivity contribution in [2.24, 2.45) is 0 Å². The standard InChI is InChI=1S/C23H25N3O3/c1-13-10-15(3)22-20(11-13)14(2)12-21(28)26(22)16(4)23(29)25-19-8-6-18(7-9-19)24-17(5)27/h6-12,16H,1-5H3,(H,24,27)(H,25,29). The van der Waals surface area contributed by atoms with E-state index in [1.165, 1.54) is 6.92 Å². The van der Waals surface area contributed by atoms with Crippen LogP contribution in [-0.2, 0) is 9.59 Å². The maximum atomic E-state index is 12.9. The van der Waals surface area contributed by atoms with Gasteiger partial charge in [0, 0.05) is 29.8 Å². The van der Waals surface area contributed by atoms with Crippen molar-refractivity contribution in [3.8, 4) is 0 Å². The van der Waals surface area contributed by atoms with Crippen LogP contribution in [0.2, 0.25) is 0 Å². The molecule has 1 heterocycles. The number of hydrogen-bond donors (Lipinski definition) is 2. The topological polar surface area (TPSA) is 80.2 Å². The van der Waals surface area contributed by atoms with Gasteiger partial charge in [-0.05, 0) is 69.2 Å². The fourth-order valence-corrected chi connectivity index (χ4v) is 3.61. The van der Waals surface area contributed by atoms with Crippen LogP contribution < -0.4 is 16.2 Å². The molecule has 1 atom stereocenters. The number of aryl methyl sites for hydroxylation is 3. The molecule has 6 nitrogen and oxygen atoms in total. The summed E-state index contributed by atoms with van der Waals surface area (Å²) in [5, 5.41) is 6.50. The van der Waals surface area contributed by atoms with Crippen LogP contribution in [0.15, 0.2) is 47.3 Å². The van der Waals surface area contributed by atoms with Gasteiger partial charge in [0.05, 0.1) is 5.52 Å². The Morgan fingerprint density at radius 3 is 2.07 bits per heavy atom. The lowest BCUT2D eigenvalue weighted by Crippen LogP contribution is -2.32. The maximum absolute atomic E-state index is 12.9. The number of nitrogens with one attached hydrogen (secondary N) is 2. The molecule has 0 fully saturated rings. The van der Waals surface area contributed by atoms with Crippen LogP contribution in [0.5, 0.6) is 0 Å². The Labute approximate surface area is 169 Å². The predicted octanol–water partition coefficient (Wildman–Crippen LogP) is 4.08. The fourth-order valence-electron chi connectivity index (χ4n) is 3.61. The van der Waals surface area contributed by atoms with Crippen LogP contribution in [0, 0.1) is 20.8 Å². The van der Waals surface area contributed by atoms with Gasteiger partial charge >= 0.3 is 0 Å².